The van der Waals surface area contributed by atoms with Gasteiger partial charge in [-0.3, -0.25) is 4.79 Å². The number of aromatic nitrogens is 1. The molecule has 1 heterocycles. The molecular formula is C18H21BrN2O2S. The average molecular weight is 409 g/mol. The molecule has 4 nitrogen and oxygen atoms in total. The summed E-state index contributed by atoms with van der Waals surface area (Å²) in [7, 11) is 0. The number of rotatable bonds is 9. The Morgan fingerprint density at radius 2 is 2.21 bits per heavy atom. The predicted octanol–water partition coefficient (Wildman–Crippen LogP) is 4.29. The molecule has 6 heteroatoms. The summed E-state index contributed by atoms with van der Waals surface area (Å²) in [6.45, 7) is 3.92. The Bertz CT molecular complexity index is 667. The van der Waals surface area contributed by atoms with E-state index in [0.717, 1.165) is 21.7 Å². The number of halogens is 1. The van der Waals surface area contributed by atoms with Crippen LogP contribution < -0.4 is 5.32 Å². The van der Waals surface area contributed by atoms with Crippen molar-refractivity contribution in [2.24, 2.45) is 0 Å². The molecule has 0 aliphatic heterocycles. The zero-order valence-electron chi connectivity index (χ0n) is 13.6. The maximum Gasteiger partial charge on any atom is 0.254 e. The second-order valence-electron chi connectivity index (χ2n) is 5.08. The van der Waals surface area contributed by atoms with E-state index in [9.17, 15) is 4.79 Å². The van der Waals surface area contributed by atoms with Gasteiger partial charge in [-0.15, -0.1) is 11.8 Å². The van der Waals surface area contributed by atoms with Gasteiger partial charge in [-0.05, 0) is 43.2 Å². The minimum atomic E-state index is -0.0867. The van der Waals surface area contributed by atoms with Crippen LogP contribution in [0.2, 0.25) is 0 Å². The van der Waals surface area contributed by atoms with E-state index in [2.05, 4.69) is 38.4 Å². The number of nitrogens with zero attached hydrogens (tertiary/aromatic N) is 1. The zero-order valence-corrected chi connectivity index (χ0v) is 16.0. The van der Waals surface area contributed by atoms with Crippen molar-refractivity contribution in [1.29, 1.82) is 0 Å². The number of hydrogen-bond acceptors (Lipinski definition) is 4. The summed E-state index contributed by atoms with van der Waals surface area (Å²) in [6, 6.07) is 11.7. The van der Waals surface area contributed by atoms with E-state index in [1.807, 2.05) is 25.1 Å². The largest absolute Gasteiger partial charge is 0.382 e. The van der Waals surface area contributed by atoms with Crippen molar-refractivity contribution in [2.75, 3.05) is 19.8 Å². The van der Waals surface area contributed by atoms with Gasteiger partial charge in [0.1, 0.15) is 5.03 Å². The van der Waals surface area contributed by atoms with Crippen LogP contribution in [0.15, 0.2) is 52.1 Å². The van der Waals surface area contributed by atoms with Gasteiger partial charge in [0.05, 0.1) is 5.56 Å². The number of carbonyl (C=O) groups is 1. The van der Waals surface area contributed by atoms with Gasteiger partial charge in [0.2, 0.25) is 0 Å². The summed E-state index contributed by atoms with van der Waals surface area (Å²) in [4.78, 5) is 16.7. The third-order valence-corrected chi connectivity index (χ3v) is 4.81. The first kappa shape index (κ1) is 19.0. The van der Waals surface area contributed by atoms with Gasteiger partial charge in [-0.1, -0.05) is 28.1 Å². The molecule has 1 aromatic heterocycles. The van der Waals surface area contributed by atoms with Gasteiger partial charge in [0.25, 0.3) is 5.91 Å². The van der Waals surface area contributed by atoms with E-state index < -0.39 is 0 Å². The van der Waals surface area contributed by atoms with Gasteiger partial charge < -0.3 is 10.1 Å². The number of benzene rings is 1. The van der Waals surface area contributed by atoms with E-state index >= 15 is 0 Å². The second kappa shape index (κ2) is 10.5. The van der Waals surface area contributed by atoms with Gasteiger partial charge in [-0.2, -0.15) is 0 Å². The monoisotopic (exact) mass is 408 g/mol. The van der Waals surface area contributed by atoms with Crippen LogP contribution in [-0.2, 0) is 10.5 Å². The molecule has 0 spiro atoms. The third-order valence-electron chi connectivity index (χ3n) is 3.24. The molecule has 0 unspecified atom stereocenters. The van der Waals surface area contributed by atoms with E-state index in [-0.39, 0.29) is 5.91 Å². The summed E-state index contributed by atoms with van der Waals surface area (Å²) in [5, 5.41) is 3.68. The van der Waals surface area contributed by atoms with Crippen molar-refractivity contribution in [2.45, 2.75) is 24.1 Å². The van der Waals surface area contributed by atoms with Crippen molar-refractivity contribution < 1.29 is 9.53 Å². The SMILES string of the molecule is CCOCCCNC(=O)c1cccnc1SCc1cccc(Br)c1. The lowest BCUT2D eigenvalue weighted by molar-refractivity contribution is 0.0940. The highest BCUT2D eigenvalue weighted by molar-refractivity contribution is 9.10. The Balaban J connectivity index is 1.92. The van der Waals surface area contributed by atoms with Crippen LogP contribution in [-0.4, -0.2) is 30.6 Å². The quantitative estimate of drug-likeness (QED) is 0.496. The standard InChI is InChI=1S/C18H21BrN2O2S/c1-2-23-11-5-10-20-17(22)16-8-4-9-21-18(16)24-13-14-6-3-7-15(19)12-14/h3-4,6-9,12H,2,5,10-11,13H2,1H3,(H,20,22). The number of thioether (sulfide) groups is 1. The molecule has 1 aromatic carbocycles. The summed E-state index contributed by atoms with van der Waals surface area (Å²) >= 11 is 5.04. The molecule has 0 radical (unpaired) electrons. The minimum Gasteiger partial charge on any atom is -0.382 e. The van der Waals surface area contributed by atoms with Crippen molar-refractivity contribution in [3.63, 3.8) is 0 Å². The number of nitrogens with one attached hydrogen (secondary N) is 1. The zero-order chi connectivity index (χ0) is 17.2. The summed E-state index contributed by atoms with van der Waals surface area (Å²) in [5.41, 5.74) is 1.80. The molecule has 1 N–H and O–H groups in total. The molecule has 1 amide bonds. The Kier molecular flexibility index (Phi) is 8.28. The van der Waals surface area contributed by atoms with E-state index in [0.29, 0.717) is 25.3 Å². The fourth-order valence-corrected chi connectivity index (χ4v) is 3.45. The second-order valence-corrected chi connectivity index (χ2v) is 6.96. The van der Waals surface area contributed by atoms with Crippen LogP contribution in [0.5, 0.6) is 0 Å². The first-order valence-corrected chi connectivity index (χ1v) is 9.66. The first-order chi connectivity index (χ1) is 11.7. The lowest BCUT2D eigenvalue weighted by Gasteiger charge is -2.09. The molecule has 0 bridgehead atoms. The topological polar surface area (TPSA) is 51.2 Å². The highest BCUT2D eigenvalue weighted by Gasteiger charge is 2.12. The number of carbonyl (C=O) groups excluding carboxylic acids is 1. The molecule has 0 saturated carbocycles. The lowest BCUT2D eigenvalue weighted by atomic mass is 10.2. The smallest absolute Gasteiger partial charge is 0.254 e. The van der Waals surface area contributed by atoms with Crippen molar-refractivity contribution in [1.82, 2.24) is 10.3 Å². The van der Waals surface area contributed by atoms with Crippen LogP contribution in [0.4, 0.5) is 0 Å². The highest BCUT2D eigenvalue weighted by atomic mass is 79.9. The maximum atomic E-state index is 12.4. The predicted molar refractivity (Wildman–Crippen MR) is 101 cm³/mol. The molecule has 2 rings (SSSR count). The number of amides is 1. The van der Waals surface area contributed by atoms with E-state index in [1.54, 1.807) is 24.0 Å². The average Bonchev–Trinajstić information content (AvgIpc) is 2.60. The third kappa shape index (κ3) is 6.26. The van der Waals surface area contributed by atoms with Gasteiger partial charge in [0.15, 0.2) is 0 Å². The summed E-state index contributed by atoms with van der Waals surface area (Å²) in [5.74, 6) is 0.678. The van der Waals surface area contributed by atoms with Crippen LogP contribution in [0.3, 0.4) is 0 Å². The van der Waals surface area contributed by atoms with Crippen LogP contribution >= 0.6 is 27.7 Å². The van der Waals surface area contributed by atoms with Crippen LogP contribution in [0.1, 0.15) is 29.3 Å². The Hall–Kier alpha value is -1.37. The van der Waals surface area contributed by atoms with Crippen molar-refractivity contribution in [3.05, 3.63) is 58.2 Å². The molecule has 0 aliphatic carbocycles. The number of pyridine rings is 1. The number of ether oxygens (including phenoxy) is 1. The molecule has 0 aliphatic rings. The van der Waals surface area contributed by atoms with Gasteiger partial charge >= 0.3 is 0 Å². The van der Waals surface area contributed by atoms with Crippen molar-refractivity contribution >= 4 is 33.6 Å². The number of hydrogen-bond donors (Lipinski definition) is 1. The van der Waals surface area contributed by atoms with Gasteiger partial charge in [0, 0.05) is 36.2 Å². The molecular weight excluding hydrogens is 388 g/mol. The fraction of sp³-hybridized carbons (Fsp3) is 0.333. The molecule has 24 heavy (non-hydrogen) atoms. The van der Waals surface area contributed by atoms with Crippen LogP contribution in [0, 0.1) is 0 Å². The Morgan fingerprint density at radius 1 is 1.33 bits per heavy atom. The van der Waals surface area contributed by atoms with E-state index in [1.165, 1.54) is 5.56 Å². The molecule has 2 aromatic rings. The normalized spacial score (nSPS) is 10.6. The fourth-order valence-electron chi connectivity index (χ4n) is 2.07. The first-order valence-electron chi connectivity index (χ1n) is 7.89. The highest BCUT2D eigenvalue weighted by Crippen LogP contribution is 2.25. The van der Waals surface area contributed by atoms with Gasteiger partial charge in [-0.25, -0.2) is 4.98 Å². The summed E-state index contributed by atoms with van der Waals surface area (Å²) in [6.07, 6.45) is 2.52. The molecule has 128 valence electrons. The van der Waals surface area contributed by atoms with E-state index in [4.69, 9.17) is 4.74 Å². The summed E-state index contributed by atoms with van der Waals surface area (Å²) < 4.78 is 6.32. The van der Waals surface area contributed by atoms with Crippen LogP contribution in [0.25, 0.3) is 0 Å². The lowest BCUT2D eigenvalue weighted by Crippen LogP contribution is -2.26. The Labute approximate surface area is 155 Å². The molecule has 0 fully saturated rings. The van der Waals surface area contributed by atoms with Crippen molar-refractivity contribution in [3.8, 4) is 0 Å². The Morgan fingerprint density at radius 3 is 3.00 bits per heavy atom. The maximum absolute atomic E-state index is 12.4. The molecule has 0 saturated heterocycles. The molecule has 0 atom stereocenters. The minimum absolute atomic E-state index is 0.0867.